The van der Waals surface area contributed by atoms with Gasteiger partial charge in [-0.05, 0) is 74.0 Å². The first-order valence-electron chi connectivity index (χ1n) is 11.3. The normalized spacial score (nSPS) is 12.7. The second kappa shape index (κ2) is 14.3. The van der Waals surface area contributed by atoms with E-state index in [9.17, 15) is 23.0 Å². The van der Waals surface area contributed by atoms with Gasteiger partial charge >= 0.3 is 0 Å². The predicted octanol–water partition coefficient (Wildman–Crippen LogP) is 3.40. The van der Waals surface area contributed by atoms with E-state index < -0.39 is 27.7 Å². The molecule has 0 saturated carbocycles. The van der Waals surface area contributed by atoms with E-state index in [-0.39, 0.29) is 4.90 Å². The lowest BCUT2D eigenvalue weighted by Gasteiger charge is -2.12. The summed E-state index contributed by atoms with van der Waals surface area (Å²) >= 11 is 0. The van der Waals surface area contributed by atoms with Gasteiger partial charge in [0.25, 0.3) is 0 Å². The van der Waals surface area contributed by atoms with Crippen LogP contribution in [0.25, 0.3) is 0 Å². The van der Waals surface area contributed by atoms with Crippen molar-refractivity contribution in [1.82, 2.24) is 5.32 Å². The first kappa shape index (κ1) is 27.2. The van der Waals surface area contributed by atoms with Gasteiger partial charge in [-0.1, -0.05) is 31.0 Å². The number of phenolic OH excluding ortho intramolecular Hbond substituents is 1. The van der Waals surface area contributed by atoms with E-state index in [1.807, 2.05) is 6.07 Å². The van der Waals surface area contributed by atoms with E-state index in [1.54, 1.807) is 12.1 Å². The molecular formula is C24H35FN2O5S. The van der Waals surface area contributed by atoms with Crippen molar-refractivity contribution in [2.24, 2.45) is 5.14 Å². The molecule has 5 N–H and O–H groups in total. The summed E-state index contributed by atoms with van der Waals surface area (Å²) in [5, 5.41) is 27.6. The van der Waals surface area contributed by atoms with Gasteiger partial charge in [0.05, 0.1) is 11.0 Å². The smallest absolute Gasteiger partial charge is 0.238 e. The lowest BCUT2D eigenvalue weighted by Crippen LogP contribution is -2.22. The Labute approximate surface area is 195 Å². The number of nitrogens with one attached hydrogen (secondary N) is 1. The number of primary sulfonamides is 1. The molecular weight excluding hydrogens is 447 g/mol. The molecule has 184 valence electrons. The third kappa shape index (κ3) is 10.6. The van der Waals surface area contributed by atoms with Gasteiger partial charge < -0.3 is 20.3 Å². The monoisotopic (exact) mass is 482 g/mol. The molecule has 0 bridgehead atoms. The zero-order chi connectivity index (χ0) is 24.1. The van der Waals surface area contributed by atoms with Crippen LogP contribution in [0.15, 0.2) is 47.4 Å². The Morgan fingerprint density at radius 3 is 2.45 bits per heavy atom. The summed E-state index contributed by atoms with van der Waals surface area (Å²) in [6.07, 6.45) is 5.90. The Bertz CT molecular complexity index is 956. The first-order valence-corrected chi connectivity index (χ1v) is 12.9. The summed E-state index contributed by atoms with van der Waals surface area (Å²) in [5.41, 5.74) is 1.39. The van der Waals surface area contributed by atoms with Crippen molar-refractivity contribution in [2.45, 2.75) is 55.9 Å². The number of aliphatic hydroxyl groups excluding tert-OH is 1. The highest BCUT2D eigenvalue weighted by molar-refractivity contribution is 7.89. The molecule has 0 aliphatic carbocycles. The van der Waals surface area contributed by atoms with Crippen molar-refractivity contribution in [3.8, 4) is 5.75 Å². The van der Waals surface area contributed by atoms with E-state index in [4.69, 9.17) is 9.88 Å². The minimum atomic E-state index is -3.66. The van der Waals surface area contributed by atoms with Crippen LogP contribution in [0.4, 0.5) is 4.39 Å². The quantitative estimate of drug-likeness (QED) is 0.272. The van der Waals surface area contributed by atoms with Gasteiger partial charge in [-0.25, -0.2) is 17.9 Å². The zero-order valence-corrected chi connectivity index (χ0v) is 19.7. The van der Waals surface area contributed by atoms with E-state index in [1.165, 1.54) is 18.2 Å². The predicted molar refractivity (Wildman–Crippen MR) is 126 cm³/mol. The number of sulfonamides is 1. The van der Waals surface area contributed by atoms with Crippen LogP contribution in [0.5, 0.6) is 5.75 Å². The van der Waals surface area contributed by atoms with E-state index in [0.29, 0.717) is 18.7 Å². The fourth-order valence-electron chi connectivity index (χ4n) is 3.41. The number of halogens is 1. The minimum absolute atomic E-state index is 0.148. The highest BCUT2D eigenvalue weighted by Gasteiger charge is 2.10. The molecule has 1 atom stereocenters. The number of phenols is 1. The molecule has 0 unspecified atom stereocenters. The molecule has 0 aliphatic rings. The number of nitrogens with two attached hydrogens (primary N) is 1. The summed E-state index contributed by atoms with van der Waals surface area (Å²) in [4.78, 5) is 0.148. The molecule has 0 fully saturated rings. The Morgan fingerprint density at radius 1 is 1.00 bits per heavy atom. The largest absolute Gasteiger partial charge is 0.505 e. The highest BCUT2D eigenvalue weighted by Crippen LogP contribution is 2.20. The fourth-order valence-corrected chi connectivity index (χ4v) is 3.99. The minimum Gasteiger partial charge on any atom is -0.505 e. The summed E-state index contributed by atoms with van der Waals surface area (Å²) in [5.74, 6) is -1.15. The number of hydrogen-bond acceptors (Lipinski definition) is 6. The van der Waals surface area contributed by atoms with Crippen LogP contribution >= 0.6 is 0 Å². The van der Waals surface area contributed by atoms with Crippen LogP contribution in [0.1, 0.15) is 55.8 Å². The van der Waals surface area contributed by atoms with E-state index in [2.05, 4.69) is 5.32 Å². The first-order chi connectivity index (χ1) is 15.8. The number of benzene rings is 2. The van der Waals surface area contributed by atoms with E-state index >= 15 is 0 Å². The van der Waals surface area contributed by atoms with Gasteiger partial charge in [0.15, 0.2) is 11.6 Å². The maximum atomic E-state index is 13.3. The number of ether oxygens (including phenoxy) is 1. The maximum absolute atomic E-state index is 13.3. The molecule has 2 aromatic carbocycles. The Kier molecular flexibility index (Phi) is 11.8. The van der Waals surface area contributed by atoms with Crippen LogP contribution in [-0.2, 0) is 21.2 Å². The average Bonchev–Trinajstić information content (AvgIpc) is 2.78. The molecule has 7 nitrogen and oxygen atoms in total. The lowest BCUT2D eigenvalue weighted by molar-refractivity contribution is 0.126. The SMILES string of the molecule is NS(=O)(=O)c1cccc(CCCCOCCCCCCNC[C@H](O)c2ccc(O)c(F)c2)c1. The highest BCUT2D eigenvalue weighted by atomic mass is 32.2. The third-order valence-corrected chi connectivity index (χ3v) is 6.23. The number of aromatic hydroxyl groups is 1. The second-order valence-corrected chi connectivity index (χ2v) is 9.67. The Morgan fingerprint density at radius 2 is 1.73 bits per heavy atom. The summed E-state index contributed by atoms with van der Waals surface area (Å²) in [6, 6.07) is 10.6. The number of aryl methyl sites for hydroxylation is 1. The van der Waals surface area contributed by atoms with Crippen LogP contribution in [0.3, 0.4) is 0 Å². The number of hydrogen-bond donors (Lipinski definition) is 4. The van der Waals surface area contributed by atoms with Gasteiger partial charge in [-0.15, -0.1) is 0 Å². The van der Waals surface area contributed by atoms with Gasteiger partial charge in [-0.2, -0.15) is 0 Å². The van der Waals surface area contributed by atoms with Crippen LogP contribution in [0.2, 0.25) is 0 Å². The molecule has 0 spiro atoms. The number of unbranched alkanes of at least 4 members (excludes halogenated alkanes) is 4. The van der Waals surface area contributed by atoms with Crippen molar-refractivity contribution >= 4 is 10.0 Å². The topological polar surface area (TPSA) is 122 Å². The molecule has 0 heterocycles. The molecule has 2 rings (SSSR count). The van der Waals surface area contributed by atoms with Crippen molar-refractivity contribution in [1.29, 1.82) is 0 Å². The Hall–Kier alpha value is -2.04. The van der Waals surface area contributed by atoms with Crippen molar-refractivity contribution < 1.29 is 27.8 Å². The molecule has 33 heavy (non-hydrogen) atoms. The Balaban J connectivity index is 1.42. The molecule has 2 aromatic rings. The standard InChI is InChI=1S/C24H35FN2O5S/c25-22-17-20(11-12-23(22)28)24(29)18-27-13-4-1-2-5-14-32-15-6-3-8-19-9-7-10-21(16-19)33(26,30)31/h7,9-12,16-17,24,27-29H,1-6,8,13-15,18H2,(H2,26,30,31)/t24-/m0/s1. The van der Waals surface area contributed by atoms with Gasteiger partial charge in [0.1, 0.15) is 0 Å². The molecule has 0 amide bonds. The summed E-state index contributed by atoms with van der Waals surface area (Å²) in [6.45, 7) is 2.51. The third-order valence-electron chi connectivity index (χ3n) is 5.32. The molecule has 9 heteroatoms. The van der Waals surface area contributed by atoms with Gasteiger partial charge in [0, 0.05) is 19.8 Å². The number of aliphatic hydroxyl groups is 1. The molecule has 0 saturated heterocycles. The number of rotatable bonds is 16. The second-order valence-electron chi connectivity index (χ2n) is 8.11. The van der Waals surface area contributed by atoms with Crippen molar-refractivity contribution in [2.75, 3.05) is 26.3 Å². The molecule has 0 aliphatic heterocycles. The maximum Gasteiger partial charge on any atom is 0.238 e. The zero-order valence-electron chi connectivity index (χ0n) is 18.9. The average molecular weight is 483 g/mol. The van der Waals surface area contributed by atoms with Crippen LogP contribution in [0, 0.1) is 5.82 Å². The van der Waals surface area contributed by atoms with Gasteiger partial charge in [0.2, 0.25) is 10.0 Å². The fraction of sp³-hybridized carbons (Fsp3) is 0.500. The van der Waals surface area contributed by atoms with Crippen molar-refractivity contribution in [3.63, 3.8) is 0 Å². The van der Waals surface area contributed by atoms with E-state index in [0.717, 1.165) is 69.7 Å². The van der Waals surface area contributed by atoms with Crippen molar-refractivity contribution in [3.05, 3.63) is 59.4 Å². The molecule has 0 aromatic heterocycles. The van der Waals surface area contributed by atoms with Crippen LogP contribution in [-0.4, -0.2) is 44.9 Å². The molecule has 0 radical (unpaired) electrons. The summed E-state index contributed by atoms with van der Waals surface area (Å²) in [7, 11) is -3.66. The van der Waals surface area contributed by atoms with Gasteiger partial charge in [-0.3, -0.25) is 0 Å². The van der Waals surface area contributed by atoms with Crippen LogP contribution < -0.4 is 10.5 Å². The lowest BCUT2D eigenvalue weighted by atomic mass is 10.1. The summed E-state index contributed by atoms with van der Waals surface area (Å²) < 4.78 is 41.8.